The van der Waals surface area contributed by atoms with E-state index in [1.54, 1.807) is 12.4 Å². The highest BCUT2D eigenvalue weighted by Gasteiger charge is 2.12. The van der Waals surface area contributed by atoms with Crippen LogP contribution >= 0.6 is 11.8 Å². The van der Waals surface area contributed by atoms with Crippen molar-refractivity contribution in [3.05, 3.63) is 36.7 Å². The van der Waals surface area contributed by atoms with Gasteiger partial charge in [0.05, 0.1) is 24.1 Å². The Morgan fingerprint density at radius 3 is 2.93 bits per heavy atom. The Kier molecular flexibility index (Phi) is 9.76. The number of ether oxygens (including phenoxy) is 2. The van der Waals surface area contributed by atoms with Gasteiger partial charge < -0.3 is 13.9 Å². The van der Waals surface area contributed by atoms with Crippen LogP contribution in [0.5, 0.6) is 5.88 Å². The summed E-state index contributed by atoms with van der Waals surface area (Å²) in [7, 11) is 0. The number of rotatable bonds is 13. The van der Waals surface area contributed by atoms with E-state index in [2.05, 4.69) is 23.8 Å². The summed E-state index contributed by atoms with van der Waals surface area (Å²) in [5, 5.41) is 0. The minimum Gasteiger partial charge on any atom is -0.467 e. The second-order valence-corrected chi connectivity index (χ2v) is 7.36. The molecule has 0 aromatic carbocycles. The third-order valence-electron chi connectivity index (χ3n) is 4.14. The van der Waals surface area contributed by atoms with E-state index < -0.39 is 0 Å². The maximum absolute atomic E-state index is 12.0. The molecule has 0 bridgehead atoms. The lowest BCUT2D eigenvalue weighted by Gasteiger charge is -2.14. The minimum absolute atomic E-state index is 0.149. The molecule has 0 aliphatic heterocycles. The van der Waals surface area contributed by atoms with Gasteiger partial charge in [0, 0.05) is 11.9 Å². The second kappa shape index (κ2) is 12.4. The first kappa shape index (κ1) is 21.3. The lowest BCUT2D eigenvalue weighted by molar-refractivity contribution is -0.144. The van der Waals surface area contributed by atoms with Crippen LogP contribution in [-0.4, -0.2) is 28.3 Å². The fourth-order valence-electron chi connectivity index (χ4n) is 2.47. The third-order valence-corrected chi connectivity index (χ3v) is 5.17. The van der Waals surface area contributed by atoms with Gasteiger partial charge in [-0.1, -0.05) is 33.1 Å². The molecule has 0 aliphatic carbocycles. The van der Waals surface area contributed by atoms with E-state index >= 15 is 0 Å². The highest BCUT2D eigenvalue weighted by Crippen LogP contribution is 2.28. The number of nitrogens with zero attached hydrogens (tertiary/aromatic N) is 2. The van der Waals surface area contributed by atoms with Crippen LogP contribution in [0.25, 0.3) is 0 Å². The molecule has 1 atom stereocenters. The monoisotopic (exact) mass is 392 g/mol. The van der Waals surface area contributed by atoms with E-state index in [1.165, 1.54) is 30.9 Å². The van der Waals surface area contributed by atoms with Gasteiger partial charge in [-0.2, -0.15) is 0 Å². The maximum Gasteiger partial charge on any atom is 0.306 e. The van der Waals surface area contributed by atoms with Crippen molar-refractivity contribution in [3.63, 3.8) is 0 Å². The van der Waals surface area contributed by atoms with Crippen LogP contribution in [-0.2, 0) is 16.1 Å². The van der Waals surface area contributed by atoms with Gasteiger partial charge in [-0.25, -0.2) is 9.97 Å². The fourth-order valence-corrected chi connectivity index (χ4v) is 3.37. The molecule has 0 fully saturated rings. The molecule has 0 saturated heterocycles. The Morgan fingerprint density at radius 2 is 2.19 bits per heavy atom. The first-order chi connectivity index (χ1) is 13.2. The molecule has 1 unspecified atom stereocenters. The predicted molar refractivity (Wildman–Crippen MR) is 105 cm³/mol. The van der Waals surface area contributed by atoms with Gasteiger partial charge in [-0.3, -0.25) is 4.79 Å². The van der Waals surface area contributed by atoms with Crippen molar-refractivity contribution in [3.8, 4) is 5.88 Å². The molecule has 2 heterocycles. The Balaban J connectivity index is 1.72. The number of carbonyl (C=O) groups excluding carboxylic acids is 1. The summed E-state index contributed by atoms with van der Waals surface area (Å²) in [6, 6.07) is 3.77. The van der Waals surface area contributed by atoms with Crippen LogP contribution in [0.15, 0.2) is 40.1 Å². The van der Waals surface area contributed by atoms with Crippen LogP contribution in [0, 0.1) is 5.92 Å². The van der Waals surface area contributed by atoms with Crippen LogP contribution < -0.4 is 4.74 Å². The quantitative estimate of drug-likeness (QED) is 0.355. The largest absolute Gasteiger partial charge is 0.467 e. The van der Waals surface area contributed by atoms with E-state index in [-0.39, 0.29) is 12.6 Å². The van der Waals surface area contributed by atoms with Crippen molar-refractivity contribution in [2.75, 3.05) is 12.4 Å². The summed E-state index contributed by atoms with van der Waals surface area (Å²) in [5.41, 5.74) is 0. The summed E-state index contributed by atoms with van der Waals surface area (Å²) >= 11 is 1.53. The number of carbonyl (C=O) groups is 1. The summed E-state index contributed by atoms with van der Waals surface area (Å²) in [6.07, 6.45) is 9.63. The fraction of sp³-hybridized carbons (Fsp3) is 0.550. The normalized spacial score (nSPS) is 11.9. The summed E-state index contributed by atoms with van der Waals surface area (Å²) in [6.45, 7) is 5.07. The molecule has 148 valence electrons. The average molecular weight is 393 g/mol. The smallest absolute Gasteiger partial charge is 0.306 e. The van der Waals surface area contributed by atoms with Crippen molar-refractivity contribution < 1.29 is 18.7 Å². The first-order valence-corrected chi connectivity index (χ1v) is 10.5. The molecule has 27 heavy (non-hydrogen) atoms. The van der Waals surface area contributed by atoms with Crippen LogP contribution in [0.3, 0.4) is 0 Å². The number of unbranched alkanes of at least 4 members (excludes halogenated alkanes) is 1. The van der Waals surface area contributed by atoms with Gasteiger partial charge in [0.25, 0.3) is 0 Å². The molecule has 0 amide bonds. The number of aromatic nitrogens is 2. The Labute approximate surface area is 165 Å². The number of hydrogen-bond donors (Lipinski definition) is 0. The number of pyridine rings is 1. The lowest BCUT2D eigenvalue weighted by Crippen LogP contribution is -2.14. The van der Waals surface area contributed by atoms with Crippen molar-refractivity contribution in [2.45, 2.75) is 57.5 Å². The Bertz CT molecular complexity index is 664. The molecule has 0 N–H and O–H groups in total. The molecule has 2 aromatic heterocycles. The van der Waals surface area contributed by atoms with Crippen LogP contribution in [0.2, 0.25) is 0 Å². The predicted octanol–water partition coefficient (Wildman–Crippen LogP) is 4.89. The van der Waals surface area contributed by atoms with Crippen molar-refractivity contribution in [2.24, 2.45) is 5.92 Å². The zero-order valence-electron chi connectivity index (χ0n) is 16.1. The molecule has 0 aliphatic rings. The molecule has 2 aromatic rings. The van der Waals surface area contributed by atoms with E-state index in [9.17, 15) is 4.79 Å². The lowest BCUT2D eigenvalue weighted by atomic mass is 10.0. The number of esters is 1. The van der Waals surface area contributed by atoms with Gasteiger partial charge in [0.15, 0.2) is 6.61 Å². The standard InChI is InChI=1S/C20H28N2O4S/c1-3-5-7-16(4-2)14-25-19(23)9-13-27-17-8-6-10-22-20(17)26-15-18-21-11-12-24-18/h6,8,10-12,16H,3-5,7,9,13-15H2,1-2H3. The van der Waals surface area contributed by atoms with E-state index in [0.717, 1.165) is 17.7 Å². The molecule has 6 nitrogen and oxygen atoms in total. The van der Waals surface area contributed by atoms with Gasteiger partial charge in [-0.15, -0.1) is 11.8 Å². The molecule has 0 saturated carbocycles. The zero-order valence-corrected chi connectivity index (χ0v) is 16.9. The summed E-state index contributed by atoms with van der Waals surface area (Å²) in [4.78, 5) is 21.1. The van der Waals surface area contributed by atoms with Gasteiger partial charge in [0.1, 0.15) is 6.26 Å². The third kappa shape index (κ3) is 8.03. The Hall–Kier alpha value is -2.02. The van der Waals surface area contributed by atoms with E-state index in [0.29, 0.717) is 36.5 Å². The van der Waals surface area contributed by atoms with Gasteiger partial charge in [0.2, 0.25) is 11.8 Å². The van der Waals surface area contributed by atoms with Crippen LogP contribution in [0.1, 0.15) is 51.8 Å². The summed E-state index contributed by atoms with van der Waals surface area (Å²) in [5.74, 6) is 1.94. The molecule has 0 spiro atoms. The Morgan fingerprint density at radius 1 is 1.30 bits per heavy atom. The highest BCUT2D eigenvalue weighted by molar-refractivity contribution is 7.99. The number of oxazole rings is 1. The SMILES string of the molecule is CCCCC(CC)COC(=O)CCSc1cccnc1OCc1ncco1. The van der Waals surface area contributed by atoms with Crippen molar-refractivity contribution in [1.82, 2.24) is 9.97 Å². The minimum atomic E-state index is -0.149. The van der Waals surface area contributed by atoms with Crippen LogP contribution in [0.4, 0.5) is 0 Å². The van der Waals surface area contributed by atoms with Gasteiger partial charge >= 0.3 is 5.97 Å². The maximum atomic E-state index is 12.0. The second-order valence-electron chi connectivity index (χ2n) is 6.22. The molecular weight excluding hydrogens is 364 g/mol. The molecule has 0 radical (unpaired) electrons. The molecule has 2 rings (SSSR count). The number of hydrogen-bond acceptors (Lipinski definition) is 7. The van der Waals surface area contributed by atoms with E-state index in [1.807, 2.05) is 12.1 Å². The molecular formula is C20H28N2O4S. The van der Waals surface area contributed by atoms with E-state index in [4.69, 9.17) is 13.9 Å². The first-order valence-electron chi connectivity index (χ1n) is 9.47. The summed E-state index contributed by atoms with van der Waals surface area (Å²) < 4.78 is 16.3. The molecule has 7 heteroatoms. The highest BCUT2D eigenvalue weighted by atomic mass is 32.2. The van der Waals surface area contributed by atoms with Gasteiger partial charge in [-0.05, 0) is 24.5 Å². The number of thioether (sulfide) groups is 1. The zero-order chi connectivity index (χ0) is 19.3. The van der Waals surface area contributed by atoms with Crippen molar-refractivity contribution >= 4 is 17.7 Å². The topological polar surface area (TPSA) is 74.5 Å². The van der Waals surface area contributed by atoms with Crippen molar-refractivity contribution in [1.29, 1.82) is 0 Å². The average Bonchev–Trinajstić information content (AvgIpc) is 3.21.